The first kappa shape index (κ1) is 22.8. The minimum absolute atomic E-state index is 0.126. The minimum atomic E-state index is -4.39. The summed E-state index contributed by atoms with van der Waals surface area (Å²) < 4.78 is 42.3. The van der Waals surface area contributed by atoms with Crippen molar-refractivity contribution in [3.63, 3.8) is 0 Å². The molecule has 160 valence electrons. The third kappa shape index (κ3) is 7.50. The number of rotatable bonds is 8. The number of alkyl halides is 3. The normalized spacial score (nSPS) is 12.3. The van der Waals surface area contributed by atoms with Crippen LogP contribution in [0.15, 0.2) is 54.6 Å². The van der Waals surface area contributed by atoms with Crippen LogP contribution in [-0.2, 0) is 9.59 Å². The third-order valence-corrected chi connectivity index (χ3v) is 3.96. The Morgan fingerprint density at radius 3 is 2.30 bits per heavy atom. The van der Waals surface area contributed by atoms with Crippen LogP contribution >= 0.6 is 0 Å². The Kier molecular flexibility index (Phi) is 7.85. The van der Waals surface area contributed by atoms with Crippen LogP contribution in [0.3, 0.4) is 0 Å². The Morgan fingerprint density at radius 2 is 1.70 bits per heavy atom. The number of carbonyl (C=O) groups is 2. The van der Waals surface area contributed by atoms with Gasteiger partial charge in [-0.15, -0.1) is 0 Å². The number of hydrogen-bond acceptors (Lipinski definition) is 4. The average molecular weight is 421 g/mol. The Morgan fingerprint density at radius 1 is 1.07 bits per heavy atom. The van der Waals surface area contributed by atoms with E-state index >= 15 is 0 Å². The van der Waals surface area contributed by atoms with Crippen LogP contribution in [0, 0.1) is 0 Å². The van der Waals surface area contributed by atoms with Gasteiger partial charge in [-0.05, 0) is 42.8 Å². The van der Waals surface area contributed by atoms with Crippen LogP contribution < -0.4 is 20.7 Å². The highest BCUT2D eigenvalue weighted by Gasteiger charge is 2.27. The van der Waals surface area contributed by atoms with Crippen LogP contribution in [0.4, 0.5) is 24.5 Å². The molecule has 0 saturated heterocycles. The van der Waals surface area contributed by atoms with Crippen LogP contribution in [-0.4, -0.2) is 37.7 Å². The van der Waals surface area contributed by atoms with Crippen molar-refractivity contribution in [1.29, 1.82) is 0 Å². The van der Waals surface area contributed by atoms with Gasteiger partial charge in [-0.25, -0.2) is 0 Å². The number of para-hydroxylation sites is 2. The molecule has 2 amide bonds. The molecule has 0 saturated carbocycles. The maximum Gasteiger partial charge on any atom is 0.405 e. The maximum atomic E-state index is 12.4. The summed E-state index contributed by atoms with van der Waals surface area (Å²) in [6, 6.07) is 12.1. The summed E-state index contributed by atoms with van der Waals surface area (Å²) in [6.07, 6.45) is -1.53. The van der Waals surface area contributed by atoms with Crippen LogP contribution in [0.1, 0.15) is 12.5 Å². The number of carbonyl (C=O) groups excluding carboxylic acids is 2. The minimum Gasteiger partial charge on any atom is -0.497 e. The summed E-state index contributed by atoms with van der Waals surface area (Å²) in [5.74, 6) is -0.369. The van der Waals surface area contributed by atoms with Gasteiger partial charge in [0.2, 0.25) is 11.8 Å². The van der Waals surface area contributed by atoms with E-state index in [1.165, 1.54) is 25.1 Å². The largest absolute Gasteiger partial charge is 0.497 e. The highest BCUT2D eigenvalue weighted by Crippen LogP contribution is 2.23. The second kappa shape index (κ2) is 10.3. The van der Waals surface area contributed by atoms with Crippen molar-refractivity contribution in [2.24, 2.45) is 0 Å². The first-order valence-electron chi connectivity index (χ1n) is 9.01. The molecule has 0 bridgehead atoms. The zero-order valence-corrected chi connectivity index (χ0v) is 16.4. The van der Waals surface area contributed by atoms with Crippen LogP contribution in [0.5, 0.6) is 5.75 Å². The van der Waals surface area contributed by atoms with Gasteiger partial charge >= 0.3 is 6.18 Å². The maximum absolute atomic E-state index is 12.4. The zero-order chi connectivity index (χ0) is 22.1. The number of anilines is 2. The van der Waals surface area contributed by atoms with Gasteiger partial charge < -0.3 is 20.7 Å². The van der Waals surface area contributed by atoms with Crippen molar-refractivity contribution < 1.29 is 27.5 Å². The highest BCUT2D eigenvalue weighted by molar-refractivity contribution is 6.01. The zero-order valence-electron chi connectivity index (χ0n) is 16.4. The standard InChI is InChI=1S/C21H22F3N3O3/c1-14(26-19(28)12-9-15-7-10-16(30-2)11-8-15)20(29)27-18-6-4-3-5-17(18)25-13-21(22,23)24/h3-12,14,25H,13H2,1-2H3,(H,26,28)(H,27,29)/b12-9+. The molecule has 0 spiro atoms. The van der Waals surface area contributed by atoms with Crippen molar-refractivity contribution >= 4 is 29.3 Å². The number of nitrogens with one attached hydrogen (secondary N) is 3. The molecule has 0 aliphatic heterocycles. The molecular weight excluding hydrogens is 399 g/mol. The van der Waals surface area contributed by atoms with E-state index in [0.29, 0.717) is 5.75 Å². The molecule has 0 radical (unpaired) electrons. The van der Waals surface area contributed by atoms with Crippen molar-refractivity contribution in [1.82, 2.24) is 5.32 Å². The van der Waals surface area contributed by atoms with Gasteiger partial charge in [0, 0.05) is 6.08 Å². The van der Waals surface area contributed by atoms with Gasteiger partial charge in [-0.1, -0.05) is 24.3 Å². The van der Waals surface area contributed by atoms with E-state index in [4.69, 9.17) is 4.74 Å². The lowest BCUT2D eigenvalue weighted by Gasteiger charge is -2.17. The molecule has 3 N–H and O–H groups in total. The molecule has 9 heteroatoms. The van der Waals surface area contributed by atoms with Crippen molar-refractivity contribution in [3.05, 3.63) is 60.2 Å². The lowest BCUT2D eigenvalue weighted by molar-refractivity contribution is -0.123. The van der Waals surface area contributed by atoms with Crippen LogP contribution in [0.25, 0.3) is 6.08 Å². The van der Waals surface area contributed by atoms with Gasteiger partial charge in [0.1, 0.15) is 18.3 Å². The second-order valence-electron chi connectivity index (χ2n) is 6.34. The van der Waals surface area contributed by atoms with Crippen molar-refractivity contribution in [2.75, 3.05) is 24.3 Å². The van der Waals surface area contributed by atoms with Crippen molar-refractivity contribution in [3.8, 4) is 5.75 Å². The lowest BCUT2D eigenvalue weighted by atomic mass is 10.2. The van der Waals surface area contributed by atoms with E-state index in [1.54, 1.807) is 49.6 Å². The Balaban J connectivity index is 1.92. The number of amides is 2. The van der Waals surface area contributed by atoms with E-state index < -0.39 is 30.6 Å². The van der Waals surface area contributed by atoms with Gasteiger partial charge in [-0.3, -0.25) is 9.59 Å². The molecule has 6 nitrogen and oxygen atoms in total. The number of hydrogen-bond donors (Lipinski definition) is 3. The average Bonchev–Trinajstić information content (AvgIpc) is 2.71. The smallest absolute Gasteiger partial charge is 0.405 e. The Hall–Kier alpha value is -3.49. The fraction of sp³-hybridized carbons (Fsp3) is 0.238. The third-order valence-electron chi connectivity index (χ3n) is 3.96. The summed E-state index contributed by atoms with van der Waals surface area (Å²) in [7, 11) is 1.55. The van der Waals surface area contributed by atoms with Gasteiger partial charge in [0.05, 0.1) is 18.5 Å². The Labute approximate surface area is 172 Å². The fourth-order valence-corrected chi connectivity index (χ4v) is 2.40. The van der Waals surface area contributed by atoms with E-state index in [1.807, 2.05) is 0 Å². The van der Waals surface area contributed by atoms with Gasteiger partial charge in [-0.2, -0.15) is 13.2 Å². The quantitative estimate of drug-likeness (QED) is 0.566. The van der Waals surface area contributed by atoms with Crippen LogP contribution in [0.2, 0.25) is 0 Å². The SMILES string of the molecule is COc1ccc(/C=C/C(=O)NC(C)C(=O)Nc2ccccc2NCC(F)(F)F)cc1. The Bertz CT molecular complexity index is 896. The van der Waals surface area contributed by atoms with E-state index in [9.17, 15) is 22.8 Å². The molecule has 1 unspecified atom stereocenters. The topological polar surface area (TPSA) is 79.5 Å². The molecule has 2 aromatic carbocycles. The van der Waals surface area contributed by atoms with E-state index in [0.717, 1.165) is 5.56 Å². The predicted octanol–water partition coefficient (Wildman–Crippen LogP) is 3.83. The molecule has 0 fully saturated rings. The molecule has 0 aliphatic rings. The summed E-state index contributed by atoms with van der Waals surface area (Å²) >= 11 is 0. The summed E-state index contributed by atoms with van der Waals surface area (Å²) in [5.41, 5.74) is 1.08. The molecule has 1 atom stereocenters. The number of ether oxygens (including phenoxy) is 1. The number of methoxy groups -OCH3 is 1. The molecule has 0 aliphatic carbocycles. The molecule has 0 heterocycles. The summed E-state index contributed by atoms with van der Waals surface area (Å²) in [5, 5.41) is 7.26. The van der Waals surface area contributed by atoms with E-state index in [-0.39, 0.29) is 11.4 Å². The first-order chi connectivity index (χ1) is 14.2. The predicted molar refractivity (Wildman–Crippen MR) is 109 cm³/mol. The fourth-order valence-electron chi connectivity index (χ4n) is 2.40. The van der Waals surface area contributed by atoms with E-state index in [2.05, 4.69) is 16.0 Å². The number of benzene rings is 2. The molecular formula is C21H22F3N3O3. The summed E-state index contributed by atoms with van der Waals surface area (Å²) in [6.45, 7) is 0.239. The van der Waals surface area contributed by atoms with Gasteiger partial charge in [0.25, 0.3) is 0 Å². The first-order valence-corrected chi connectivity index (χ1v) is 9.01. The van der Waals surface area contributed by atoms with Crippen molar-refractivity contribution in [2.45, 2.75) is 19.1 Å². The monoisotopic (exact) mass is 421 g/mol. The second-order valence-corrected chi connectivity index (χ2v) is 6.34. The molecule has 2 aromatic rings. The lowest BCUT2D eigenvalue weighted by Crippen LogP contribution is -2.41. The molecule has 30 heavy (non-hydrogen) atoms. The molecule has 0 aromatic heterocycles. The van der Waals surface area contributed by atoms with Gasteiger partial charge in [0.15, 0.2) is 0 Å². The molecule has 2 rings (SSSR count). The number of halogens is 3. The summed E-state index contributed by atoms with van der Waals surface area (Å²) in [4.78, 5) is 24.4. The highest BCUT2D eigenvalue weighted by atomic mass is 19.4.